The van der Waals surface area contributed by atoms with E-state index in [1.807, 2.05) is 48.5 Å². The first kappa shape index (κ1) is 21.0. The number of benzene rings is 2. The van der Waals surface area contributed by atoms with Gasteiger partial charge in [0.2, 0.25) is 5.91 Å². The third kappa shape index (κ3) is 8.02. The fraction of sp³-hybridized carbons (Fsp3) is 0.263. The number of halogens is 1. The molecule has 0 spiro atoms. The molecule has 2 rings (SSSR count). The lowest BCUT2D eigenvalue weighted by Crippen LogP contribution is -2.30. The maximum Gasteiger partial charge on any atom is 0.241 e. The van der Waals surface area contributed by atoms with Crippen LogP contribution >= 0.6 is 24.0 Å². The summed E-state index contributed by atoms with van der Waals surface area (Å²) in [5.74, 6) is 0.0967. The Balaban J connectivity index is 0.00000312. The SMILES string of the molecule is CCc1cccc(NC(N)=NCC(=O)NCCc2ccccc2)c1.I. The summed E-state index contributed by atoms with van der Waals surface area (Å²) < 4.78 is 0. The van der Waals surface area contributed by atoms with Gasteiger partial charge in [0.05, 0.1) is 0 Å². The van der Waals surface area contributed by atoms with Crippen LogP contribution in [0.4, 0.5) is 5.69 Å². The lowest BCUT2D eigenvalue weighted by atomic mass is 10.1. The zero-order valence-corrected chi connectivity index (χ0v) is 16.7. The predicted molar refractivity (Wildman–Crippen MR) is 115 cm³/mol. The van der Waals surface area contributed by atoms with Crippen LogP contribution in [0.15, 0.2) is 59.6 Å². The molecule has 0 aliphatic carbocycles. The maximum atomic E-state index is 11.8. The molecule has 2 aromatic rings. The summed E-state index contributed by atoms with van der Waals surface area (Å²) in [7, 11) is 0. The number of nitrogens with two attached hydrogens (primary N) is 1. The number of carbonyl (C=O) groups excluding carboxylic acids is 1. The zero-order valence-electron chi connectivity index (χ0n) is 14.4. The van der Waals surface area contributed by atoms with Crippen LogP contribution < -0.4 is 16.4 Å². The van der Waals surface area contributed by atoms with E-state index in [-0.39, 0.29) is 42.4 Å². The molecule has 5 nitrogen and oxygen atoms in total. The van der Waals surface area contributed by atoms with Crippen molar-refractivity contribution in [1.82, 2.24) is 5.32 Å². The molecule has 0 saturated carbocycles. The number of hydrogen-bond donors (Lipinski definition) is 3. The smallest absolute Gasteiger partial charge is 0.241 e. The van der Waals surface area contributed by atoms with Crippen molar-refractivity contribution in [2.45, 2.75) is 19.8 Å². The highest BCUT2D eigenvalue weighted by Gasteiger charge is 2.01. The Hall–Kier alpha value is -2.09. The van der Waals surface area contributed by atoms with E-state index in [9.17, 15) is 4.79 Å². The van der Waals surface area contributed by atoms with Gasteiger partial charge in [-0.05, 0) is 36.1 Å². The number of guanidine groups is 1. The number of hydrogen-bond acceptors (Lipinski definition) is 2. The molecule has 0 aliphatic rings. The summed E-state index contributed by atoms with van der Waals surface area (Å²) in [5, 5.41) is 5.84. The second-order valence-electron chi connectivity index (χ2n) is 5.47. The number of aryl methyl sites for hydroxylation is 1. The number of carbonyl (C=O) groups is 1. The first-order valence-corrected chi connectivity index (χ1v) is 8.14. The number of anilines is 1. The Kier molecular flexibility index (Phi) is 9.61. The number of amides is 1. The van der Waals surface area contributed by atoms with Gasteiger partial charge in [-0.1, -0.05) is 49.4 Å². The fourth-order valence-electron chi connectivity index (χ4n) is 2.26. The van der Waals surface area contributed by atoms with Crippen molar-refractivity contribution in [3.63, 3.8) is 0 Å². The summed E-state index contributed by atoms with van der Waals surface area (Å²) in [6.45, 7) is 2.70. The molecule has 2 aromatic carbocycles. The summed E-state index contributed by atoms with van der Waals surface area (Å²) in [4.78, 5) is 15.9. The highest BCUT2D eigenvalue weighted by molar-refractivity contribution is 14.0. The minimum Gasteiger partial charge on any atom is -0.370 e. The Morgan fingerprint density at radius 2 is 1.80 bits per heavy atom. The standard InChI is InChI=1S/C19H24N4O.HI/c1-2-15-9-6-10-17(13-15)23-19(20)22-14-18(24)21-12-11-16-7-4-3-5-8-16;/h3-10,13H,2,11-12,14H2,1H3,(H,21,24)(H3,20,22,23);1H. The minimum absolute atomic E-state index is 0. The quantitative estimate of drug-likeness (QED) is 0.344. The topological polar surface area (TPSA) is 79.5 Å². The molecule has 0 atom stereocenters. The molecule has 6 heteroatoms. The van der Waals surface area contributed by atoms with E-state index in [0.717, 1.165) is 18.5 Å². The molecule has 0 fully saturated rings. The molecule has 0 bridgehead atoms. The molecule has 0 aromatic heterocycles. The van der Waals surface area contributed by atoms with Gasteiger partial charge in [0.15, 0.2) is 5.96 Å². The number of aliphatic imine (C=N–C) groups is 1. The van der Waals surface area contributed by atoms with Crippen LogP contribution in [0.5, 0.6) is 0 Å². The zero-order chi connectivity index (χ0) is 17.2. The third-order valence-corrected chi connectivity index (χ3v) is 3.58. The van der Waals surface area contributed by atoms with Gasteiger partial charge < -0.3 is 16.4 Å². The molecule has 0 aliphatic heterocycles. The third-order valence-electron chi connectivity index (χ3n) is 3.58. The number of nitrogens with one attached hydrogen (secondary N) is 2. The van der Waals surface area contributed by atoms with Crippen molar-refractivity contribution in [2.75, 3.05) is 18.4 Å². The first-order valence-electron chi connectivity index (χ1n) is 8.14. The van der Waals surface area contributed by atoms with Crippen LogP contribution in [0.2, 0.25) is 0 Å². The molecule has 4 N–H and O–H groups in total. The van der Waals surface area contributed by atoms with Crippen molar-refractivity contribution in [3.8, 4) is 0 Å². The van der Waals surface area contributed by atoms with Crippen LogP contribution in [-0.4, -0.2) is 25.0 Å². The second-order valence-corrected chi connectivity index (χ2v) is 5.47. The average Bonchev–Trinajstić information content (AvgIpc) is 2.61. The van der Waals surface area contributed by atoms with Crippen LogP contribution in [0.25, 0.3) is 0 Å². The Morgan fingerprint density at radius 3 is 2.52 bits per heavy atom. The van der Waals surface area contributed by atoms with Crippen molar-refractivity contribution in [1.29, 1.82) is 0 Å². The Morgan fingerprint density at radius 1 is 1.08 bits per heavy atom. The number of rotatable bonds is 7. The summed E-state index contributed by atoms with van der Waals surface area (Å²) in [6, 6.07) is 18.0. The van der Waals surface area contributed by atoms with E-state index >= 15 is 0 Å². The molecule has 25 heavy (non-hydrogen) atoms. The van der Waals surface area contributed by atoms with Crippen LogP contribution in [0.1, 0.15) is 18.1 Å². The summed E-state index contributed by atoms with van der Waals surface area (Å²) in [5.41, 5.74) is 9.11. The molecule has 134 valence electrons. The van der Waals surface area contributed by atoms with Crippen LogP contribution in [0.3, 0.4) is 0 Å². The molecular weight excluding hydrogens is 427 g/mol. The van der Waals surface area contributed by atoms with Gasteiger partial charge in [-0.3, -0.25) is 4.79 Å². The fourth-order valence-corrected chi connectivity index (χ4v) is 2.26. The Labute approximate surface area is 166 Å². The number of nitrogens with zero attached hydrogens (tertiary/aromatic N) is 1. The summed E-state index contributed by atoms with van der Waals surface area (Å²) in [6.07, 6.45) is 1.75. The van der Waals surface area contributed by atoms with Crippen LogP contribution in [0, 0.1) is 0 Å². The molecular formula is C19H25IN4O. The normalized spacial score (nSPS) is 10.7. The average molecular weight is 452 g/mol. The lowest BCUT2D eigenvalue weighted by Gasteiger charge is -2.07. The van der Waals surface area contributed by atoms with E-state index in [2.05, 4.69) is 28.6 Å². The monoisotopic (exact) mass is 452 g/mol. The van der Waals surface area contributed by atoms with Crippen molar-refractivity contribution in [2.24, 2.45) is 10.7 Å². The second kappa shape index (κ2) is 11.5. The van der Waals surface area contributed by atoms with E-state index in [0.29, 0.717) is 6.54 Å². The first-order chi connectivity index (χ1) is 11.7. The van der Waals surface area contributed by atoms with Gasteiger partial charge >= 0.3 is 0 Å². The molecule has 0 heterocycles. The van der Waals surface area contributed by atoms with E-state index in [4.69, 9.17) is 5.73 Å². The lowest BCUT2D eigenvalue weighted by molar-refractivity contribution is -0.119. The van der Waals surface area contributed by atoms with Crippen LogP contribution in [-0.2, 0) is 17.6 Å². The summed E-state index contributed by atoms with van der Waals surface area (Å²) >= 11 is 0. The van der Waals surface area contributed by atoms with E-state index in [1.165, 1.54) is 11.1 Å². The maximum absolute atomic E-state index is 11.8. The van der Waals surface area contributed by atoms with Crippen molar-refractivity contribution < 1.29 is 4.79 Å². The molecule has 0 radical (unpaired) electrons. The van der Waals surface area contributed by atoms with Gasteiger partial charge in [0.25, 0.3) is 0 Å². The van der Waals surface area contributed by atoms with Gasteiger partial charge in [-0.25, -0.2) is 4.99 Å². The van der Waals surface area contributed by atoms with Gasteiger partial charge in [-0.15, -0.1) is 24.0 Å². The van der Waals surface area contributed by atoms with Gasteiger partial charge in [-0.2, -0.15) is 0 Å². The van der Waals surface area contributed by atoms with Crippen molar-refractivity contribution >= 4 is 41.5 Å². The molecule has 1 amide bonds. The minimum atomic E-state index is -0.141. The highest BCUT2D eigenvalue weighted by atomic mass is 127. The predicted octanol–water partition coefficient (Wildman–Crippen LogP) is 2.95. The largest absolute Gasteiger partial charge is 0.370 e. The van der Waals surface area contributed by atoms with Gasteiger partial charge in [0, 0.05) is 12.2 Å². The van der Waals surface area contributed by atoms with Gasteiger partial charge in [0.1, 0.15) is 6.54 Å². The molecule has 0 unspecified atom stereocenters. The Bertz CT molecular complexity index is 689. The van der Waals surface area contributed by atoms with E-state index < -0.39 is 0 Å². The highest BCUT2D eigenvalue weighted by Crippen LogP contribution is 2.10. The van der Waals surface area contributed by atoms with Crippen molar-refractivity contribution in [3.05, 3.63) is 65.7 Å². The molecule has 0 saturated heterocycles. The van der Waals surface area contributed by atoms with E-state index in [1.54, 1.807) is 0 Å².